The molecule has 1 aromatic carbocycles. The molecule has 0 saturated heterocycles. The number of alkyl carbamates (subject to hydrolysis) is 1. The maximum absolute atomic E-state index is 12.1. The van der Waals surface area contributed by atoms with E-state index in [9.17, 15) is 19.8 Å². The second-order valence-electron chi connectivity index (χ2n) is 6.65. The lowest BCUT2D eigenvalue weighted by Gasteiger charge is -2.33. The molecule has 2 rings (SSSR count). The lowest BCUT2D eigenvalue weighted by atomic mass is 9.89. The molecule has 6 nitrogen and oxygen atoms in total. The van der Waals surface area contributed by atoms with Crippen molar-refractivity contribution in [2.75, 3.05) is 0 Å². The van der Waals surface area contributed by atoms with Crippen molar-refractivity contribution in [3.8, 4) is 0 Å². The van der Waals surface area contributed by atoms with Crippen molar-refractivity contribution < 1.29 is 24.5 Å². The SMILES string of the molecule is CC(C)(C)OC(=O)NC1(C(O)C(=O)O)Cc2ccccc2C1. The van der Waals surface area contributed by atoms with E-state index in [2.05, 4.69) is 5.32 Å². The van der Waals surface area contributed by atoms with E-state index in [4.69, 9.17) is 4.74 Å². The summed E-state index contributed by atoms with van der Waals surface area (Å²) in [5.74, 6) is -1.37. The summed E-state index contributed by atoms with van der Waals surface area (Å²) >= 11 is 0. The van der Waals surface area contributed by atoms with Crippen LogP contribution in [0.3, 0.4) is 0 Å². The molecular weight excluding hydrogens is 286 g/mol. The second-order valence-corrected chi connectivity index (χ2v) is 6.65. The van der Waals surface area contributed by atoms with Crippen LogP contribution >= 0.6 is 0 Å². The molecule has 0 bridgehead atoms. The first kappa shape index (κ1) is 16.3. The van der Waals surface area contributed by atoms with Crippen molar-refractivity contribution in [2.45, 2.75) is 50.9 Å². The van der Waals surface area contributed by atoms with E-state index in [1.165, 1.54) is 0 Å². The highest BCUT2D eigenvalue weighted by molar-refractivity contribution is 5.77. The predicted molar refractivity (Wildman–Crippen MR) is 79.6 cm³/mol. The fourth-order valence-corrected chi connectivity index (χ4v) is 2.74. The number of carboxylic acids is 1. The van der Waals surface area contributed by atoms with Crippen LogP contribution in [0.1, 0.15) is 31.9 Å². The standard InChI is InChI=1S/C16H21NO5/c1-15(2,3)22-14(21)17-16(12(18)13(19)20)8-10-6-4-5-7-11(10)9-16/h4-7,12,18H,8-9H2,1-3H3,(H,17,21)(H,19,20). The summed E-state index contributed by atoms with van der Waals surface area (Å²) in [6, 6.07) is 7.41. The van der Waals surface area contributed by atoms with Crippen LogP contribution in [0.5, 0.6) is 0 Å². The molecular formula is C16H21NO5. The average Bonchev–Trinajstić information content (AvgIpc) is 2.74. The maximum Gasteiger partial charge on any atom is 0.408 e. The fourth-order valence-electron chi connectivity index (χ4n) is 2.74. The third kappa shape index (κ3) is 3.39. The van der Waals surface area contributed by atoms with Crippen LogP contribution in [0, 0.1) is 0 Å². The van der Waals surface area contributed by atoms with Gasteiger partial charge in [0.25, 0.3) is 0 Å². The Balaban J connectivity index is 2.26. The summed E-state index contributed by atoms with van der Waals surface area (Å²) in [5.41, 5.74) is -0.166. The Labute approximate surface area is 129 Å². The van der Waals surface area contributed by atoms with Crippen LogP contribution in [0.25, 0.3) is 0 Å². The summed E-state index contributed by atoms with van der Waals surface area (Å²) in [5, 5.41) is 21.9. The Kier molecular flexibility index (Phi) is 4.15. The number of aliphatic hydroxyl groups excluding tert-OH is 1. The van der Waals surface area contributed by atoms with Crippen molar-refractivity contribution in [1.82, 2.24) is 5.32 Å². The number of carbonyl (C=O) groups is 2. The summed E-state index contributed by atoms with van der Waals surface area (Å²) in [4.78, 5) is 23.3. The van der Waals surface area contributed by atoms with E-state index in [0.29, 0.717) is 0 Å². The van der Waals surface area contributed by atoms with Crippen LogP contribution in [0.4, 0.5) is 4.79 Å². The highest BCUT2D eigenvalue weighted by Crippen LogP contribution is 2.33. The number of carbonyl (C=O) groups excluding carboxylic acids is 1. The molecule has 0 aromatic heterocycles. The smallest absolute Gasteiger partial charge is 0.408 e. The molecule has 0 radical (unpaired) electrons. The van der Waals surface area contributed by atoms with E-state index >= 15 is 0 Å². The lowest BCUT2D eigenvalue weighted by Crippen LogP contribution is -2.60. The number of hydrogen-bond donors (Lipinski definition) is 3. The number of carboxylic acid groups (broad SMARTS) is 1. The minimum Gasteiger partial charge on any atom is -0.479 e. The van der Waals surface area contributed by atoms with Crippen LogP contribution in [-0.2, 0) is 22.4 Å². The zero-order valence-corrected chi connectivity index (χ0v) is 12.9. The van der Waals surface area contributed by atoms with E-state index in [1.54, 1.807) is 20.8 Å². The van der Waals surface area contributed by atoms with Gasteiger partial charge in [-0.3, -0.25) is 0 Å². The molecule has 3 N–H and O–H groups in total. The van der Waals surface area contributed by atoms with Crippen molar-refractivity contribution in [2.24, 2.45) is 0 Å². The number of benzene rings is 1. The molecule has 120 valence electrons. The van der Waals surface area contributed by atoms with Gasteiger partial charge in [0.1, 0.15) is 5.60 Å². The molecule has 0 aliphatic heterocycles. The van der Waals surface area contributed by atoms with Gasteiger partial charge in [-0.1, -0.05) is 24.3 Å². The van der Waals surface area contributed by atoms with Gasteiger partial charge in [-0.05, 0) is 44.7 Å². The Morgan fingerprint density at radius 1 is 1.23 bits per heavy atom. The van der Waals surface area contributed by atoms with Crippen LogP contribution in [0.15, 0.2) is 24.3 Å². The lowest BCUT2D eigenvalue weighted by molar-refractivity contribution is -0.151. The van der Waals surface area contributed by atoms with Gasteiger partial charge in [0.2, 0.25) is 0 Å². The number of ether oxygens (including phenoxy) is 1. The fraction of sp³-hybridized carbons (Fsp3) is 0.500. The molecule has 1 aliphatic carbocycles. The molecule has 0 fully saturated rings. The Morgan fingerprint density at radius 2 is 1.73 bits per heavy atom. The highest BCUT2D eigenvalue weighted by atomic mass is 16.6. The van der Waals surface area contributed by atoms with E-state index in [0.717, 1.165) is 11.1 Å². The van der Waals surface area contributed by atoms with Gasteiger partial charge in [-0.25, -0.2) is 9.59 Å². The molecule has 1 unspecified atom stereocenters. The molecule has 6 heteroatoms. The quantitative estimate of drug-likeness (QED) is 0.786. The Bertz CT molecular complexity index is 565. The number of aliphatic carboxylic acids is 1. The predicted octanol–water partition coefficient (Wildman–Crippen LogP) is 1.49. The zero-order chi connectivity index (χ0) is 16.5. The maximum atomic E-state index is 12.1. The minimum absolute atomic E-state index is 0.246. The van der Waals surface area contributed by atoms with Gasteiger partial charge in [-0.15, -0.1) is 0 Å². The first-order valence-corrected chi connectivity index (χ1v) is 7.12. The number of nitrogens with one attached hydrogen (secondary N) is 1. The number of aliphatic hydroxyl groups is 1. The first-order chi connectivity index (χ1) is 10.1. The highest BCUT2D eigenvalue weighted by Gasteiger charge is 2.48. The van der Waals surface area contributed by atoms with Crippen LogP contribution < -0.4 is 5.32 Å². The van der Waals surface area contributed by atoms with Gasteiger partial charge < -0.3 is 20.3 Å². The molecule has 0 spiro atoms. The van der Waals surface area contributed by atoms with Crippen molar-refractivity contribution in [3.63, 3.8) is 0 Å². The van der Waals surface area contributed by atoms with Crippen LogP contribution in [-0.4, -0.2) is 39.5 Å². The number of rotatable bonds is 3. The van der Waals surface area contributed by atoms with E-state index in [1.807, 2.05) is 24.3 Å². The van der Waals surface area contributed by atoms with Crippen LogP contribution in [0.2, 0.25) is 0 Å². The summed E-state index contributed by atoms with van der Waals surface area (Å²) in [7, 11) is 0. The summed E-state index contributed by atoms with van der Waals surface area (Å²) in [6.45, 7) is 5.16. The summed E-state index contributed by atoms with van der Waals surface area (Å²) < 4.78 is 5.20. The van der Waals surface area contributed by atoms with Crippen molar-refractivity contribution >= 4 is 12.1 Å². The van der Waals surface area contributed by atoms with Gasteiger partial charge in [-0.2, -0.15) is 0 Å². The van der Waals surface area contributed by atoms with Gasteiger partial charge in [0.15, 0.2) is 6.10 Å². The molecule has 1 aromatic rings. The number of hydrogen-bond acceptors (Lipinski definition) is 4. The average molecular weight is 307 g/mol. The third-order valence-corrected chi connectivity index (χ3v) is 3.64. The van der Waals surface area contributed by atoms with Crippen molar-refractivity contribution in [1.29, 1.82) is 0 Å². The second kappa shape index (κ2) is 5.61. The third-order valence-electron chi connectivity index (χ3n) is 3.64. The van der Waals surface area contributed by atoms with Gasteiger partial charge in [0, 0.05) is 0 Å². The van der Waals surface area contributed by atoms with E-state index in [-0.39, 0.29) is 12.8 Å². The monoisotopic (exact) mass is 307 g/mol. The molecule has 1 aliphatic rings. The minimum atomic E-state index is -1.72. The Hall–Kier alpha value is -2.08. The van der Waals surface area contributed by atoms with Crippen molar-refractivity contribution in [3.05, 3.63) is 35.4 Å². The number of amides is 1. The zero-order valence-electron chi connectivity index (χ0n) is 12.9. The van der Waals surface area contributed by atoms with E-state index < -0.39 is 29.3 Å². The summed E-state index contributed by atoms with van der Waals surface area (Å²) in [6.07, 6.45) is -1.96. The molecule has 1 amide bonds. The molecule has 22 heavy (non-hydrogen) atoms. The van der Waals surface area contributed by atoms with Gasteiger partial charge >= 0.3 is 12.1 Å². The largest absolute Gasteiger partial charge is 0.479 e. The van der Waals surface area contributed by atoms with Gasteiger partial charge in [0.05, 0.1) is 5.54 Å². The first-order valence-electron chi connectivity index (χ1n) is 7.12. The molecule has 0 heterocycles. The molecule has 0 saturated carbocycles. The normalized spacial score (nSPS) is 17.5. The Morgan fingerprint density at radius 3 is 2.14 bits per heavy atom. The molecule has 1 atom stereocenters. The number of fused-ring (bicyclic) bond motifs is 1. The topological polar surface area (TPSA) is 95.9 Å².